The summed E-state index contributed by atoms with van der Waals surface area (Å²) in [4.78, 5) is 15.1. The number of aromatic nitrogens is 4. The van der Waals surface area contributed by atoms with Crippen LogP contribution in [-0.4, -0.2) is 32.5 Å². The van der Waals surface area contributed by atoms with Crippen LogP contribution in [0, 0.1) is 0 Å². The van der Waals surface area contributed by atoms with Crippen LogP contribution in [0.3, 0.4) is 0 Å². The minimum Gasteiger partial charge on any atom is -0.367 e. The molecule has 1 unspecified atom stereocenters. The molecule has 0 amide bonds. The highest BCUT2D eigenvalue weighted by Crippen LogP contribution is 2.13. The third kappa shape index (κ3) is 1.64. The normalized spacial score (nSPS) is 13.0. The van der Waals surface area contributed by atoms with Crippen molar-refractivity contribution >= 4 is 17.0 Å². The van der Waals surface area contributed by atoms with Crippen molar-refractivity contribution in [1.82, 2.24) is 19.9 Å². The van der Waals surface area contributed by atoms with E-state index in [4.69, 9.17) is 5.73 Å². The van der Waals surface area contributed by atoms with Gasteiger partial charge in [-0.3, -0.25) is 0 Å². The number of hydrogen-bond donors (Lipinski definition) is 3. The Balaban J connectivity index is 2.27. The van der Waals surface area contributed by atoms with Gasteiger partial charge in [-0.05, 0) is 6.92 Å². The number of nitrogens with one attached hydrogen (secondary N) is 2. The summed E-state index contributed by atoms with van der Waals surface area (Å²) in [5.41, 5.74) is 7.10. The molecule has 0 aliphatic heterocycles. The molecule has 0 aromatic carbocycles. The van der Waals surface area contributed by atoms with E-state index >= 15 is 0 Å². The van der Waals surface area contributed by atoms with Gasteiger partial charge in [0.05, 0.1) is 6.33 Å². The van der Waals surface area contributed by atoms with Gasteiger partial charge >= 0.3 is 0 Å². The summed E-state index contributed by atoms with van der Waals surface area (Å²) in [5, 5.41) is 3.13. The van der Waals surface area contributed by atoms with E-state index in [0.29, 0.717) is 12.2 Å². The molecule has 2 aromatic rings. The van der Waals surface area contributed by atoms with Crippen LogP contribution in [0.2, 0.25) is 0 Å². The van der Waals surface area contributed by atoms with E-state index in [2.05, 4.69) is 25.3 Å². The SMILES string of the molecule is CC(N)CNc1ncnc2nc[nH]c12. The number of H-pyrrole nitrogens is 1. The molecule has 14 heavy (non-hydrogen) atoms. The van der Waals surface area contributed by atoms with E-state index in [1.807, 2.05) is 6.92 Å². The zero-order valence-corrected chi connectivity index (χ0v) is 7.86. The molecular formula is C8H12N6. The van der Waals surface area contributed by atoms with Crippen LogP contribution in [0.25, 0.3) is 11.2 Å². The quantitative estimate of drug-likeness (QED) is 0.642. The Morgan fingerprint density at radius 2 is 2.36 bits per heavy atom. The highest BCUT2D eigenvalue weighted by Gasteiger charge is 2.04. The van der Waals surface area contributed by atoms with E-state index in [-0.39, 0.29) is 6.04 Å². The molecule has 0 aliphatic carbocycles. The van der Waals surface area contributed by atoms with Gasteiger partial charge in [0.15, 0.2) is 11.5 Å². The minimum absolute atomic E-state index is 0.0861. The number of imidazole rings is 1. The molecule has 0 spiro atoms. The van der Waals surface area contributed by atoms with Gasteiger partial charge in [0.25, 0.3) is 0 Å². The number of nitrogens with two attached hydrogens (primary N) is 1. The molecule has 0 saturated carbocycles. The zero-order chi connectivity index (χ0) is 9.97. The van der Waals surface area contributed by atoms with Crippen molar-refractivity contribution in [1.29, 1.82) is 0 Å². The third-order valence-electron chi connectivity index (χ3n) is 1.81. The van der Waals surface area contributed by atoms with Crippen LogP contribution in [0.5, 0.6) is 0 Å². The largest absolute Gasteiger partial charge is 0.367 e. The second kappa shape index (κ2) is 3.59. The van der Waals surface area contributed by atoms with Crippen molar-refractivity contribution in [3.63, 3.8) is 0 Å². The molecule has 2 rings (SSSR count). The molecule has 0 radical (unpaired) electrons. The average Bonchev–Trinajstić information content (AvgIpc) is 2.62. The summed E-state index contributed by atoms with van der Waals surface area (Å²) < 4.78 is 0. The maximum atomic E-state index is 5.63. The first-order chi connectivity index (χ1) is 6.77. The lowest BCUT2D eigenvalue weighted by atomic mass is 10.3. The van der Waals surface area contributed by atoms with Crippen molar-refractivity contribution in [3.8, 4) is 0 Å². The maximum Gasteiger partial charge on any atom is 0.182 e. The fourth-order valence-electron chi connectivity index (χ4n) is 1.16. The lowest BCUT2D eigenvalue weighted by molar-refractivity contribution is 0.777. The Kier molecular flexibility index (Phi) is 2.28. The summed E-state index contributed by atoms with van der Waals surface area (Å²) in [6.07, 6.45) is 3.07. The molecule has 2 aromatic heterocycles. The summed E-state index contributed by atoms with van der Waals surface area (Å²) in [5.74, 6) is 0.741. The van der Waals surface area contributed by atoms with Crippen molar-refractivity contribution in [2.75, 3.05) is 11.9 Å². The van der Waals surface area contributed by atoms with Crippen LogP contribution < -0.4 is 11.1 Å². The Morgan fingerprint density at radius 3 is 3.14 bits per heavy atom. The topological polar surface area (TPSA) is 92.5 Å². The van der Waals surface area contributed by atoms with Crippen LogP contribution in [0.15, 0.2) is 12.7 Å². The van der Waals surface area contributed by atoms with E-state index < -0.39 is 0 Å². The van der Waals surface area contributed by atoms with Crippen molar-refractivity contribution in [2.24, 2.45) is 5.73 Å². The van der Waals surface area contributed by atoms with E-state index in [1.54, 1.807) is 6.33 Å². The van der Waals surface area contributed by atoms with Crippen LogP contribution in [0.1, 0.15) is 6.92 Å². The monoisotopic (exact) mass is 192 g/mol. The zero-order valence-electron chi connectivity index (χ0n) is 7.86. The van der Waals surface area contributed by atoms with Gasteiger partial charge in [0, 0.05) is 12.6 Å². The van der Waals surface area contributed by atoms with Gasteiger partial charge in [0.2, 0.25) is 0 Å². The molecule has 0 bridgehead atoms. The second-order valence-corrected chi connectivity index (χ2v) is 3.18. The molecule has 2 heterocycles. The fourth-order valence-corrected chi connectivity index (χ4v) is 1.16. The summed E-state index contributed by atoms with van der Waals surface area (Å²) >= 11 is 0. The van der Waals surface area contributed by atoms with E-state index in [9.17, 15) is 0 Å². The Morgan fingerprint density at radius 1 is 1.50 bits per heavy atom. The van der Waals surface area contributed by atoms with Crippen molar-refractivity contribution in [2.45, 2.75) is 13.0 Å². The molecule has 0 aliphatic rings. The van der Waals surface area contributed by atoms with E-state index in [0.717, 1.165) is 11.3 Å². The standard InChI is InChI=1S/C8H12N6/c1-5(9)2-10-7-6-8(12-3-11-6)14-4-13-7/h3-5H,2,9H2,1H3,(H2,10,11,12,13,14). The molecular weight excluding hydrogens is 180 g/mol. The van der Waals surface area contributed by atoms with Gasteiger partial charge in [0.1, 0.15) is 11.8 Å². The first kappa shape index (κ1) is 8.89. The number of rotatable bonds is 3. The van der Waals surface area contributed by atoms with Gasteiger partial charge in [-0.15, -0.1) is 0 Å². The highest BCUT2D eigenvalue weighted by atomic mass is 15.1. The summed E-state index contributed by atoms with van der Waals surface area (Å²) in [7, 11) is 0. The molecule has 4 N–H and O–H groups in total. The number of aromatic amines is 1. The van der Waals surface area contributed by atoms with E-state index in [1.165, 1.54) is 6.33 Å². The number of fused-ring (bicyclic) bond motifs is 1. The second-order valence-electron chi connectivity index (χ2n) is 3.18. The third-order valence-corrected chi connectivity index (χ3v) is 1.81. The Labute approximate surface area is 81.0 Å². The van der Waals surface area contributed by atoms with Gasteiger partial charge in [-0.2, -0.15) is 0 Å². The highest BCUT2D eigenvalue weighted by molar-refractivity contribution is 5.81. The van der Waals surface area contributed by atoms with Gasteiger partial charge in [-0.1, -0.05) is 0 Å². The predicted molar refractivity (Wildman–Crippen MR) is 53.8 cm³/mol. The maximum absolute atomic E-state index is 5.63. The Bertz CT molecular complexity index is 420. The molecule has 0 saturated heterocycles. The lowest BCUT2D eigenvalue weighted by Gasteiger charge is -2.07. The number of anilines is 1. The van der Waals surface area contributed by atoms with Crippen LogP contribution in [-0.2, 0) is 0 Å². The molecule has 74 valence electrons. The number of hydrogen-bond acceptors (Lipinski definition) is 5. The fraction of sp³-hybridized carbons (Fsp3) is 0.375. The smallest absolute Gasteiger partial charge is 0.182 e. The van der Waals surface area contributed by atoms with Crippen LogP contribution in [0.4, 0.5) is 5.82 Å². The van der Waals surface area contributed by atoms with Gasteiger partial charge in [-0.25, -0.2) is 15.0 Å². The lowest BCUT2D eigenvalue weighted by Crippen LogP contribution is -2.25. The average molecular weight is 192 g/mol. The predicted octanol–water partition coefficient (Wildman–Crippen LogP) is 0.112. The summed E-state index contributed by atoms with van der Waals surface area (Å²) in [6, 6.07) is 0.0861. The molecule has 6 heteroatoms. The Hall–Kier alpha value is -1.69. The molecule has 0 fully saturated rings. The molecule has 6 nitrogen and oxygen atoms in total. The molecule has 1 atom stereocenters. The van der Waals surface area contributed by atoms with Crippen LogP contribution >= 0.6 is 0 Å². The van der Waals surface area contributed by atoms with Gasteiger partial charge < -0.3 is 16.0 Å². The minimum atomic E-state index is 0.0861. The summed E-state index contributed by atoms with van der Waals surface area (Å²) in [6.45, 7) is 2.60. The number of nitrogens with zero attached hydrogens (tertiary/aromatic N) is 3. The van der Waals surface area contributed by atoms with Crippen molar-refractivity contribution < 1.29 is 0 Å². The first-order valence-electron chi connectivity index (χ1n) is 4.41. The van der Waals surface area contributed by atoms with Crippen molar-refractivity contribution in [3.05, 3.63) is 12.7 Å². The first-order valence-corrected chi connectivity index (χ1v) is 4.41.